The van der Waals surface area contributed by atoms with E-state index in [0.29, 0.717) is 10.6 Å². The maximum absolute atomic E-state index is 12.1. The van der Waals surface area contributed by atoms with Gasteiger partial charge in [0, 0.05) is 4.88 Å². The molecule has 0 aliphatic heterocycles. The lowest BCUT2D eigenvalue weighted by Crippen LogP contribution is -2.20. The number of nitrogens with zero attached hydrogens (tertiary/aromatic N) is 3. The first-order valence-electron chi connectivity index (χ1n) is 7.67. The van der Waals surface area contributed by atoms with Crippen molar-refractivity contribution in [2.24, 2.45) is 0 Å². The third kappa shape index (κ3) is 3.59. The number of carbonyl (C=O) groups is 1. The number of aryl methyl sites for hydroxylation is 1. The van der Waals surface area contributed by atoms with Crippen LogP contribution < -0.4 is 10.1 Å². The molecule has 0 aromatic carbocycles. The number of ether oxygens (including phenoxy) is 1. The monoisotopic (exact) mass is 358 g/mol. The summed E-state index contributed by atoms with van der Waals surface area (Å²) in [7, 11) is 0. The van der Waals surface area contributed by atoms with Gasteiger partial charge in [-0.1, -0.05) is 0 Å². The molecule has 1 aliphatic rings. The predicted molar refractivity (Wildman–Crippen MR) is 90.7 cm³/mol. The Bertz CT molecular complexity index is 872. The lowest BCUT2D eigenvalue weighted by Gasteiger charge is -2.09. The Morgan fingerprint density at radius 2 is 2.28 bits per heavy atom. The molecule has 0 spiro atoms. The van der Waals surface area contributed by atoms with Gasteiger partial charge in [-0.2, -0.15) is 5.26 Å². The minimum atomic E-state index is -0.672. The third-order valence-corrected chi connectivity index (χ3v) is 5.03. The number of thiophene rings is 1. The molecule has 0 bridgehead atoms. The molecule has 2 heterocycles. The maximum atomic E-state index is 12.1. The average Bonchev–Trinajstić information content (AvgIpc) is 2.97. The summed E-state index contributed by atoms with van der Waals surface area (Å²) in [4.78, 5) is 27.1. The number of nitrogens with one attached hydrogen (secondary N) is 1. The third-order valence-electron chi connectivity index (χ3n) is 3.82. The number of amides is 1. The Morgan fingerprint density at radius 1 is 1.48 bits per heavy atom. The van der Waals surface area contributed by atoms with Crippen LogP contribution in [0, 0.1) is 21.4 Å². The van der Waals surface area contributed by atoms with Crippen molar-refractivity contribution in [2.45, 2.75) is 25.7 Å². The van der Waals surface area contributed by atoms with E-state index in [-0.39, 0.29) is 5.75 Å². The zero-order valence-electron chi connectivity index (χ0n) is 13.2. The highest BCUT2D eigenvalue weighted by atomic mass is 32.1. The van der Waals surface area contributed by atoms with Crippen molar-refractivity contribution >= 4 is 28.1 Å². The van der Waals surface area contributed by atoms with E-state index in [1.807, 2.05) is 0 Å². The van der Waals surface area contributed by atoms with Crippen molar-refractivity contribution in [1.82, 2.24) is 4.98 Å². The molecule has 25 heavy (non-hydrogen) atoms. The highest BCUT2D eigenvalue weighted by molar-refractivity contribution is 7.16. The van der Waals surface area contributed by atoms with Crippen LogP contribution in [0.25, 0.3) is 0 Å². The van der Waals surface area contributed by atoms with E-state index in [0.717, 1.165) is 36.1 Å². The number of hydrogen-bond acceptors (Lipinski definition) is 7. The van der Waals surface area contributed by atoms with Gasteiger partial charge in [0.1, 0.15) is 17.3 Å². The summed E-state index contributed by atoms with van der Waals surface area (Å²) in [5.41, 5.74) is 1.54. The number of hydrogen-bond donors (Lipinski definition) is 1. The summed E-state index contributed by atoms with van der Waals surface area (Å²) >= 11 is 1.41. The normalized spacial score (nSPS) is 12.8. The zero-order chi connectivity index (χ0) is 17.8. The Kier molecular flexibility index (Phi) is 4.90. The molecule has 2 aromatic rings. The van der Waals surface area contributed by atoms with Crippen LogP contribution in [0.4, 0.5) is 10.8 Å². The van der Waals surface area contributed by atoms with Gasteiger partial charge in [0.25, 0.3) is 5.91 Å². The summed E-state index contributed by atoms with van der Waals surface area (Å²) in [6, 6.07) is 5.03. The van der Waals surface area contributed by atoms with Gasteiger partial charge in [0.2, 0.25) is 5.75 Å². The molecule has 1 N–H and O–H groups in total. The van der Waals surface area contributed by atoms with E-state index in [9.17, 15) is 20.2 Å². The first kappa shape index (κ1) is 16.9. The van der Waals surface area contributed by atoms with Gasteiger partial charge in [0.05, 0.1) is 5.56 Å². The molecule has 9 heteroatoms. The van der Waals surface area contributed by atoms with Gasteiger partial charge in [0.15, 0.2) is 6.61 Å². The number of nitriles is 1. The standard InChI is InChI=1S/C16H14N4O4S/c17-8-11-10-4-1-2-6-13(10)25-16(11)19-14(21)9-24-12-5-3-7-18-15(12)20(22)23/h3,5,7H,1-2,4,6,9H2,(H,19,21). The number of fused-ring (bicyclic) bond motifs is 1. The minimum Gasteiger partial charge on any atom is -0.476 e. The quantitative estimate of drug-likeness (QED) is 0.648. The molecule has 1 aliphatic carbocycles. The number of pyridine rings is 1. The van der Waals surface area contributed by atoms with Crippen LogP contribution in [0.15, 0.2) is 18.3 Å². The second-order valence-electron chi connectivity index (χ2n) is 5.45. The van der Waals surface area contributed by atoms with Crippen LogP contribution in [0.5, 0.6) is 5.75 Å². The first-order chi connectivity index (χ1) is 12.1. The largest absolute Gasteiger partial charge is 0.476 e. The Morgan fingerprint density at radius 3 is 3.04 bits per heavy atom. The topological polar surface area (TPSA) is 118 Å². The molecule has 0 saturated carbocycles. The van der Waals surface area contributed by atoms with Crippen LogP contribution in [0.2, 0.25) is 0 Å². The minimum absolute atomic E-state index is 0.0753. The molecule has 0 unspecified atom stereocenters. The smallest absolute Gasteiger partial charge is 0.406 e. The Hall–Kier alpha value is -2.99. The van der Waals surface area contributed by atoms with E-state index in [4.69, 9.17) is 4.74 Å². The van der Waals surface area contributed by atoms with E-state index < -0.39 is 23.3 Å². The molecule has 2 aromatic heterocycles. The van der Waals surface area contributed by atoms with E-state index in [1.54, 1.807) is 0 Å². The summed E-state index contributed by atoms with van der Waals surface area (Å²) in [6.07, 6.45) is 5.17. The molecule has 8 nitrogen and oxygen atoms in total. The van der Waals surface area contributed by atoms with Crippen LogP contribution in [0.3, 0.4) is 0 Å². The van der Waals surface area contributed by atoms with Crippen molar-refractivity contribution in [2.75, 3.05) is 11.9 Å². The van der Waals surface area contributed by atoms with Crippen molar-refractivity contribution in [1.29, 1.82) is 5.26 Å². The molecule has 0 fully saturated rings. The fraction of sp³-hybridized carbons (Fsp3) is 0.312. The number of nitro groups is 1. The summed E-state index contributed by atoms with van der Waals surface area (Å²) in [5, 5.41) is 23.5. The van der Waals surface area contributed by atoms with E-state index >= 15 is 0 Å². The SMILES string of the molecule is N#Cc1c(NC(=O)COc2cccnc2[N+](=O)[O-])sc2c1CCCC2. The zero-order valence-corrected chi connectivity index (χ0v) is 14.0. The number of rotatable bonds is 5. The molecule has 0 atom stereocenters. The average molecular weight is 358 g/mol. The van der Waals surface area contributed by atoms with Crippen LogP contribution >= 0.6 is 11.3 Å². The van der Waals surface area contributed by atoms with Crippen molar-refractivity contribution in [3.8, 4) is 11.8 Å². The van der Waals surface area contributed by atoms with Gasteiger partial charge in [-0.15, -0.1) is 11.3 Å². The van der Waals surface area contributed by atoms with E-state index in [2.05, 4.69) is 16.4 Å². The van der Waals surface area contributed by atoms with Crippen molar-refractivity contribution < 1.29 is 14.5 Å². The number of aromatic nitrogens is 1. The fourth-order valence-corrected chi connectivity index (χ4v) is 3.97. The van der Waals surface area contributed by atoms with Crippen LogP contribution in [-0.2, 0) is 17.6 Å². The number of anilines is 1. The second kappa shape index (κ2) is 7.27. The number of carbonyl (C=O) groups excluding carboxylic acids is 1. The lowest BCUT2D eigenvalue weighted by molar-refractivity contribution is -0.390. The van der Waals surface area contributed by atoms with Crippen LogP contribution in [0.1, 0.15) is 28.8 Å². The highest BCUT2D eigenvalue weighted by Gasteiger charge is 2.22. The Labute approximate surface area is 147 Å². The summed E-state index contributed by atoms with van der Waals surface area (Å²) in [6.45, 7) is -0.403. The molecule has 1 amide bonds. The van der Waals surface area contributed by atoms with Crippen LogP contribution in [-0.4, -0.2) is 22.4 Å². The molecule has 0 saturated heterocycles. The van der Waals surface area contributed by atoms with Gasteiger partial charge < -0.3 is 20.2 Å². The molecule has 128 valence electrons. The Balaban J connectivity index is 1.69. The maximum Gasteiger partial charge on any atom is 0.406 e. The van der Waals surface area contributed by atoms with Crippen molar-refractivity contribution in [3.63, 3.8) is 0 Å². The molecular formula is C16H14N4O4S. The van der Waals surface area contributed by atoms with Gasteiger partial charge in [-0.3, -0.25) is 4.79 Å². The van der Waals surface area contributed by atoms with Crippen molar-refractivity contribution in [3.05, 3.63) is 44.4 Å². The first-order valence-corrected chi connectivity index (χ1v) is 8.48. The van der Waals surface area contributed by atoms with Gasteiger partial charge in [-0.25, -0.2) is 0 Å². The molecule has 3 rings (SSSR count). The van der Waals surface area contributed by atoms with Gasteiger partial charge >= 0.3 is 5.82 Å². The molecule has 0 radical (unpaired) electrons. The molecular weight excluding hydrogens is 344 g/mol. The van der Waals surface area contributed by atoms with E-state index in [1.165, 1.54) is 29.7 Å². The summed E-state index contributed by atoms with van der Waals surface area (Å²) in [5.74, 6) is -0.999. The fourth-order valence-electron chi connectivity index (χ4n) is 2.71. The van der Waals surface area contributed by atoms with Gasteiger partial charge in [-0.05, 0) is 53.3 Å². The lowest BCUT2D eigenvalue weighted by atomic mass is 9.96. The highest BCUT2D eigenvalue weighted by Crippen LogP contribution is 2.37. The summed E-state index contributed by atoms with van der Waals surface area (Å²) < 4.78 is 5.21. The second-order valence-corrected chi connectivity index (χ2v) is 6.55. The predicted octanol–water partition coefficient (Wildman–Crippen LogP) is 2.82.